The molecule has 7 heteroatoms. The van der Waals surface area contributed by atoms with Gasteiger partial charge >= 0.3 is 0 Å². The molecule has 4 saturated carbocycles. The molecule has 4 aliphatic carbocycles. The molecule has 6 rings (SSSR count). The second kappa shape index (κ2) is 7.61. The van der Waals surface area contributed by atoms with Crippen molar-refractivity contribution in [3.05, 3.63) is 29.8 Å². The standard InChI is InChI=1S/C23H33N3O3S/c1-17-2-4-21(5-3-17)30(28,29)26-8-6-25(7-9-26)16-22(27)24-23-13-18-10-19(14-23)12-20(11-18)15-23/h2-5,18-20H,6-16H2,1H3,(H,24,27)/p+1. The van der Waals surface area contributed by atoms with E-state index in [4.69, 9.17) is 0 Å². The van der Waals surface area contributed by atoms with Gasteiger partial charge in [-0.15, -0.1) is 0 Å². The smallest absolute Gasteiger partial charge is 0.275 e. The highest BCUT2D eigenvalue weighted by atomic mass is 32.2. The Morgan fingerprint density at radius 1 is 1.03 bits per heavy atom. The third-order valence-electron chi connectivity index (χ3n) is 7.94. The molecule has 0 unspecified atom stereocenters. The van der Waals surface area contributed by atoms with Crippen molar-refractivity contribution in [2.75, 3.05) is 32.7 Å². The van der Waals surface area contributed by atoms with Crippen LogP contribution >= 0.6 is 0 Å². The van der Waals surface area contributed by atoms with E-state index < -0.39 is 10.0 Å². The molecule has 6 nitrogen and oxygen atoms in total. The average molecular weight is 433 g/mol. The molecule has 1 aliphatic heterocycles. The summed E-state index contributed by atoms with van der Waals surface area (Å²) in [4.78, 5) is 14.4. The normalized spacial score (nSPS) is 34.2. The summed E-state index contributed by atoms with van der Waals surface area (Å²) in [6.45, 7) is 4.71. The van der Waals surface area contributed by atoms with Gasteiger partial charge in [-0.1, -0.05) is 17.7 Å². The van der Waals surface area contributed by atoms with Crippen molar-refractivity contribution < 1.29 is 18.1 Å². The fraction of sp³-hybridized carbons (Fsp3) is 0.696. The van der Waals surface area contributed by atoms with E-state index in [1.54, 1.807) is 16.4 Å². The molecule has 1 heterocycles. The van der Waals surface area contributed by atoms with E-state index >= 15 is 0 Å². The van der Waals surface area contributed by atoms with Crippen LogP contribution in [0.3, 0.4) is 0 Å². The van der Waals surface area contributed by atoms with Gasteiger partial charge in [0.15, 0.2) is 6.54 Å². The van der Waals surface area contributed by atoms with Gasteiger partial charge in [0.05, 0.1) is 31.1 Å². The Morgan fingerprint density at radius 2 is 1.57 bits per heavy atom. The summed E-state index contributed by atoms with van der Waals surface area (Å²) >= 11 is 0. The van der Waals surface area contributed by atoms with Gasteiger partial charge in [0.25, 0.3) is 5.91 Å². The van der Waals surface area contributed by atoms with Crippen LogP contribution in [-0.2, 0) is 14.8 Å². The van der Waals surface area contributed by atoms with Gasteiger partial charge in [-0.2, -0.15) is 4.31 Å². The predicted octanol–water partition coefficient (Wildman–Crippen LogP) is 0.969. The highest BCUT2D eigenvalue weighted by molar-refractivity contribution is 7.89. The Morgan fingerprint density at radius 3 is 2.10 bits per heavy atom. The maximum absolute atomic E-state index is 12.9. The summed E-state index contributed by atoms with van der Waals surface area (Å²) in [6.07, 6.45) is 7.63. The molecule has 1 aromatic carbocycles. The molecule has 1 aromatic rings. The van der Waals surface area contributed by atoms with E-state index in [-0.39, 0.29) is 11.4 Å². The fourth-order valence-corrected chi connectivity index (χ4v) is 8.35. The van der Waals surface area contributed by atoms with Crippen LogP contribution in [-0.4, -0.2) is 56.9 Å². The van der Waals surface area contributed by atoms with Gasteiger partial charge in [0, 0.05) is 5.54 Å². The van der Waals surface area contributed by atoms with E-state index in [1.165, 1.54) is 43.4 Å². The lowest BCUT2D eigenvalue weighted by atomic mass is 9.53. The lowest BCUT2D eigenvalue weighted by molar-refractivity contribution is -0.895. The number of hydrogen-bond acceptors (Lipinski definition) is 3. The molecule has 0 atom stereocenters. The molecule has 1 saturated heterocycles. The van der Waals surface area contributed by atoms with E-state index in [0.717, 1.165) is 23.3 Å². The van der Waals surface area contributed by atoms with Crippen LogP contribution in [0.2, 0.25) is 0 Å². The second-order valence-electron chi connectivity index (χ2n) is 10.4. The van der Waals surface area contributed by atoms with Crippen molar-refractivity contribution >= 4 is 15.9 Å². The quantitative estimate of drug-likeness (QED) is 0.728. The number of nitrogens with zero attached hydrogens (tertiary/aromatic N) is 1. The first kappa shape index (κ1) is 20.5. The van der Waals surface area contributed by atoms with Gasteiger partial charge in [0.2, 0.25) is 10.0 Å². The number of carbonyl (C=O) groups excluding carboxylic acids is 1. The molecular formula is C23H34N3O3S+. The van der Waals surface area contributed by atoms with Crippen LogP contribution in [0, 0.1) is 24.7 Å². The monoisotopic (exact) mass is 432 g/mol. The number of quaternary nitrogens is 1. The molecule has 0 spiro atoms. The second-order valence-corrected chi connectivity index (χ2v) is 12.3. The van der Waals surface area contributed by atoms with Crippen LogP contribution in [0.1, 0.15) is 44.1 Å². The van der Waals surface area contributed by atoms with Crippen molar-refractivity contribution in [2.45, 2.75) is 55.9 Å². The number of rotatable bonds is 5. The van der Waals surface area contributed by atoms with E-state index in [0.29, 0.717) is 37.6 Å². The SMILES string of the molecule is Cc1ccc(S(=O)(=O)N2CC[NH+](CC(=O)NC34CC5CC(CC(C5)C3)C4)CC2)cc1. The number of benzene rings is 1. The first-order valence-electron chi connectivity index (χ1n) is 11.5. The van der Waals surface area contributed by atoms with Crippen molar-refractivity contribution in [1.82, 2.24) is 9.62 Å². The molecule has 2 N–H and O–H groups in total. The van der Waals surface area contributed by atoms with Crippen LogP contribution < -0.4 is 10.2 Å². The maximum Gasteiger partial charge on any atom is 0.275 e. The molecule has 164 valence electrons. The molecule has 5 fully saturated rings. The van der Waals surface area contributed by atoms with E-state index in [2.05, 4.69) is 5.32 Å². The summed E-state index contributed by atoms with van der Waals surface area (Å²) in [5.74, 6) is 2.61. The summed E-state index contributed by atoms with van der Waals surface area (Å²) in [6, 6.07) is 7.04. The maximum atomic E-state index is 12.9. The van der Waals surface area contributed by atoms with Crippen LogP contribution in [0.15, 0.2) is 29.2 Å². The van der Waals surface area contributed by atoms with Gasteiger partial charge in [-0.3, -0.25) is 4.79 Å². The number of hydrogen-bond donors (Lipinski definition) is 2. The third-order valence-corrected chi connectivity index (χ3v) is 9.85. The van der Waals surface area contributed by atoms with Gasteiger partial charge < -0.3 is 10.2 Å². The summed E-state index contributed by atoms with van der Waals surface area (Å²) in [7, 11) is -3.45. The molecule has 0 radical (unpaired) electrons. The minimum atomic E-state index is -3.45. The van der Waals surface area contributed by atoms with Gasteiger partial charge in [0.1, 0.15) is 0 Å². The van der Waals surface area contributed by atoms with Crippen LogP contribution in [0.25, 0.3) is 0 Å². The summed E-state index contributed by atoms with van der Waals surface area (Å²) in [5.41, 5.74) is 1.11. The van der Waals surface area contributed by atoms with Crippen molar-refractivity contribution in [3.63, 3.8) is 0 Å². The molecule has 4 bridgehead atoms. The number of amides is 1. The first-order chi connectivity index (χ1) is 14.3. The largest absolute Gasteiger partial charge is 0.346 e. The zero-order valence-electron chi connectivity index (χ0n) is 17.9. The lowest BCUT2D eigenvalue weighted by Gasteiger charge is -2.56. The molecule has 1 amide bonds. The number of aryl methyl sites for hydroxylation is 1. The highest BCUT2D eigenvalue weighted by Crippen LogP contribution is 2.55. The van der Waals surface area contributed by atoms with Crippen molar-refractivity contribution in [1.29, 1.82) is 0 Å². The zero-order chi connectivity index (χ0) is 20.9. The summed E-state index contributed by atoms with van der Waals surface area (Å²) < 4.78 is 27.3. The Balaban J connectivity index is 1.15. The van der Waals surface area contributed by atoms with Crippen molar-refractivity contribution in [2.24, 2.45) is 17.8 Å². The first-order valence-corrected chi connectivity index (χ1v) is 13.0. The fourth-order valence-electron chi connectivity index (χ4n) is 6.91. The van der Waals surface area contributed by atoms with Crippen molar-refractivity contribution in [3.8, 4) is 0 Å². The topological polar surface area (TPSA) is 70.9 Å². The number of sulfonamides is 1. The lowest BCUT2D eigenvalue weighted by Crippen LogP contribution is -3.16. The minimum Gasteiger partial charge on any atom is -0.346 e. The Kier molecular flexibility index (Phi) is 5.19. The number of carbonyl (C=O) groups is 1. The van der Waals surface area contributed by atoms with Gasteiger partial charge in [-0.25, -0.2) is 8.42 Å². The Labute approximate surface area is 180 Å². The zero-order valence-corrected chi connectivity index (χ0v) is 18.7. The van der Waals surface area contributed by atoms with Gasteiger partial charge in [-0.05, 0) is 75.3 Å². The van der Waals surface area contributed by atoms with Crippen LogP contribution in [0.4, 0.5) is 0 Å². The van der Waals surface area contributed by atoms with Crippen LogP contribution in [0.5, 0.6) is 0 Å². The van der Waals surface area contributed by atoms with E-state index in [9.17, 15) is 13.2 Å². The summed E-state index contributed by atoms with van der Waals surface area (Å²) in [5, 5.41) is 3.45. The average Bonchev–Trinajstić information content (AvgIpc) is 2.67. The van der Waals surface area contributed by atoms with E-state index in [1.807, 2.05) is 19.1 Å². The molecular weight excluding hydrogens is 398 g/mol. The predicted molar refractivity (Wildman–Crippen MR) is 115 cm³/mol. The number of piperazine rings is 1. The highest BCUT2D eigenvalue weighted by Gasteiger charge is 2.51. The third kappa shape index (κ3) is 3.92. The molecule has 5 aliphatic rings. The Bertz CT molecular complexity index is 869. The molecule has 0 aromatic heterocycles. The Hall–Kier alpha value is -1.44. The molecule has 30 heavy (non-hydrogen) atoms. The number of nitrogens with one attached hydrogen (secondary N) is 2. The minimum absolute atomic E-state index is 0.0574.